The molecule has 1 fully saturated rings. The van der Waals surface area contributed by atoms with Gasteiger partial charge < -0.3 is 4.74 Å². The van der Waals surface area contributed by atoms with E-state index in [1.165, 1.54) is 18.6 Å². The lowest BCUT2D eigenvalue weighted by Gasteiger charge is -2.25. The monoisotopic (exact) mass is 188 g/mol. The first kappa shape index (κ1) is 10.4. The molecular formula is C10H20OS. The molecule has 0 aromatic heterocycles. The van der Waals surface area contributed by atoms with Crippen molar-refractivity contribution in [1.82, 2.24) is 0 Å². The van der Waals surface area contributed by atoms with Crippen LogP contribution in [0, 0.1) is 5.92 Å². The van der Waals surface area contributed by atoms with E-state index in [2.05, 4.69) is 32.5 Å². The van der Waals surface area contributed by atoms with Crippen LogP contribution >= 0.6 is 11.8 Å². The molecule has 1 aliphatic rings. The molecule has 0 aromatic rings. The molecule has 12 heavy (non-hydrogen) atoms. The van der Waals surface area contributed by atoms with Crippen LogP contribution in [0.4, 0.5) is 0 Å². The molecule has 0 aliphatic carbocycles. The third kappa shape index (κ3) is 4.36. The summed E-state index contributed by atoms with van der Waals surface area (Å²) in [5.74, 6) is 2.22. The van der Waals surface area contributed by atoms with Crippen LogP contribution in [0.3, 0.4) is 0 Å². The minimum absolute atomic E-state index is 0.429. The number of ether oxygens (including phenoxy) is 1. The van der Waals surface area contributed by atoms with Crippen molar-refractivity contribution in [2.75, 3.05) is 19.0 Å². The van der Waals surface area contributed by atoms with Gasteiger partial charge in [-0.2, -0.15) is 11.8 Å². The highest BCUT2D eigenvalue weighted by atomic mass is 32.2. The zero-order valence-electron chi connectivity index (χ0n) is 8.43. The summed E-state index contributed by atoms with van der Waals surface area (Å²) in [6.07, 6.45) is 2.53. The number of hydrogen-bond donors (Lipinski definition) is 0. The second-order valence-electron chi connectivity index (χ2n) is 4.48. The fourth-order valence-electron chi connectivity index (χ4n) is 1.28. The molecule has 1 heterocycles. The van der Waals surface area contributed by atoms with Crippen molar-refractivity contribution in [3.8, 4) is 0 Å². The highest BCUT2D eigenvalue weighted by Crippen LogP contribution is 2.28. The van der Waals surface area contributed by atoms with Gasteiger partial charge in [0.15, 0.2) is 0 Å². The first-order chi connectivity index (χ1) is 5.58. The smallest absolute Gasteiger partial charge is 0.0468 e. The molecule has 0 bridgehead atoms. The van der Waals surface area contributed by atoms with Crippen LogP contribution < -0.4 is 0 Å². The molecule has 0 spiro atoms. The Hall–Kier alpha value is 0.310. The second kappa shape index (κ2) is 4.52. The first-order valence-corrected chi connectivity index (χ1v) is 5.78. The van der Waals surface area contributed by atoms with Gasteiger partial charge in [-0.1, -0.05) is 20.8 Å². The maximum absolute atomic E-state index is 5.32. The molecule has 1 nitrogen and oxygen atoms in total. The van der Waals surface area contributed by atoms with Gasteiger partial charge in [0.1, 0.15) is 0 Å². The van der Waals surface area contributed by atoms with Crippen LogP contribution in [-0.4, -0.2) is 23.7 Å². The Morgan fingerprint density at radius 1 is 1.25 bits per heavy atom. The molecule has 0 unspecified atom stereocenters. The van der Waals surface area contributed by atoms with Crippen molar-refractivity contribution in [3.63, 3.8) is 0 Å². The summed E-state index contributed by atoms with van der Waals surface area (Å²) in [5, 5.41) is 0. The van der Waals surface area contributed by atoms with E-state index in [0.717, 1.165) is 19.1 Å². The molecule has 72 valence electrons. The van der Waals surface area contributed by atoms with E-state index in [1.807, 2.05) is 0 Å². The van der Waals surface area contributed by atoms with Crippen LogP contribution in [0.15, 0.2) is 0 Å². The summed E-state index contributed by atoms with van der Waals surface area (Å²) in [7, 11) is 0. The third-order valence-corrected chi connectivity index (χ3v) is 3.60. The quantitative estimate of drug-likeness (QED) is 0.659. The summed E-state index contributed by atoms with van der Waals surface area (Å²) in [4.78, 5) is 0. The highest BCUT2D eigenvalue weighted by molar-refractivity contribution is 8.00. The van der Waals surface area contributed by atoms with Crippen molar-refractivity contribution in [3.05, 3.63) is 0 Å². The standard InChI is InChI=1S/C10H20OS/c1-10(2,3)12-8-9-4-6-11-7-5-9/h9H,4-8H2,1-3H3. The summed E-state index contributed by atoms with van der Waals surface area (Å²) in [5.41, 5.74) is 0. The average Bonchev–Trinajstić information content (AvgIpc) is 2.02. The second-order valence-corrected chi connectivity index (χ2v) is 6.33. The zero-order chi connectivity index (χ0) is 9.03. The fraction of sp³-hybridized carbons (Fsp3) is 1.00. The fourth-order valence-corrected chi connectivity index (χ4v) is 2.35. The van der Waals surface area contributed by atoms with Crippen LogP contribution in [0.25, 0.3) is 0 Å². The Morgan fingerprint density at radius 2 is 1.83 bits per heavy atom. The lowest BCUT2D eigenvalue weighted by Crippen LogP contribution is -2.20. The largest absolute Gasteiger partial charge is 0.381 e. The van der Waals surface area contributed by atoms with E-state index in [9.17, 15) is 0 Å². The molecule has 0 radical (unpaired) electrons. The third-order valence-electron chi connectivity index (χ3n) is 2.09. The predicted molar refractivity (Wildman–Crippen MR) is 55.8 cm³/mol. The van der Waals surface area contributed by atoms with Gasteiger partial charge in [0.25, 0.3) is 0 Å². The lowest BCUT2D eigenvalue weighted by molar-refractivity contribution is 0.0727. The Labute approximate surface area is 80.3 Å². The van der Waals surface area contributed by atoms with Gasteiger partial charge >= 0.3 is 0 Å². The van der Waals surface area contributed by atoms with Gasteiger partial charge in [0.05, 0.1) is 0 Å². The minimum Gasteiger partial charge on any atom is -0.381 e. The van der Waals surface area contributed by atoms with Crippen LogP contribution in [0.5, 0.6) is 0 Å². The molecule has 0 N–H and O–H groups in total. The zero-order valence-corrected chi connectivity index (χ0v) is 9.25. The van der Waals surface area contributed by atoms with E-state index < -0.39 is 0 Å². The van der Waals surface area contributed by atoms with Gasteiger partial charge in [-0.25, -0.2) is 0 Å². The van der Waals surface area contributed by atoms with E-state index >= 15 is 0 Å². The molecule has 0 saturated carbocycles. The van der Waals surface area contributed by atoms with Gasteiger partial charge in [-0.15, -0.1) is 0 Å². The Bertz CT molecular complexity index is 122. The number of thioether (sulfide) groups is 1. The molecule has 1 saturated heterocycles. The van der Waals surface area contributed by atoms with Gasteiger partial charge in [0.2, 0.25) is 0 Å². The highest BCUT2D eigenvalue weighted by Gasteiger charge is 2.17. The van der Waals surface area contributed by atoms with Crippen molar-refractivity contribution >= 4 is 11.8 Å². The Kier molecular flexibility index (Phi) is 3.91. The minimum atomic E-state index is 0.429. The topological polar surface area (TPSA) is 9.23 Å². The molecule has 0 atom stereocenters. The first-order valence-electron chi connectivity index (χ1n) is 4.79. The molecule has 2 heteroatoms. The molecular weight excluding hydrogens is 168 g/mol. The number of rotatable bonds is 2. The molecule has 1 aliphatic heterocycles. The molecule has 0 amide bonds. The summed E-state index contributed by atoms with van der Waals surface area (Å²) >= 11 is 2.08. The van der Waals surface area contributed by atoms with Crippen LogP contribution in [-0.2, 0) is 4.74 Å². The Morgan fingerprint density at radius 3 is 2.33 bits per heavy atom. The lowest BCUT2D eigenvalue weighted by atomic mass is 10.0. The van der Waals surface area contributed by atoms with Gasteiger partial charge in [-0.05, 0) is 24.5 Å². The average molecular weight is 188 g/mol. The van der Waals surface area contributed by atoms with Crippen molar-refractivity contribution in [1.29, 1.82) is 0 Å². The maximum atomic E-state index is 5.32. The summed E-state index contributed by atoms with van der Waals surface area (Å²) in [6.45, 7) is 8.83. The SMILES string of the molecule is CC(C)(C)SCC1CCOCC1. The normalized spacial score (nSPS) is 21.2. The molecule has 1 rings (SSSR count). The van der Waals surface area contributed by atoms with Crippen molar-refractivity contribution < 1.29 is 4.74 Å². The van der Waals surface area contributed by atoms with Crippen LogP contribution in [0.1, 0.15) is 33.6 Å². The van der Waals surface area contributed by atoms with E-state index in [-0.39, 0.29) is 0 Å². The number of hydrogen-bond acceptors (Lipinski definition) is 2. The van der Waals surface area contributed by atoms with E-state index in [0.29, 0.717) is 4.75 Å². The van der Waals surface area contributed by atoms with Gasteiger partial charge in [0, 0.05) is 18.0 Å². The summed E-state index contributed by atoms with van der Waals surface area (Å²) in [6, 6.07) is 0. The maximum Gasteiger partial charge on any atom is 0.0468 e. The van der Waals surface area contributed by atoms with Gasteiger partial charge in [-0.3, -0.25) is 0 Å². The van der Waals surface area contributed by atoms with Crippen molar-refractivity contribution in [2.45, 2.75) is 38.4 Å². The predicted octanol–water partition coefficient (Wildman–Crippen LogP) is 2.94. The van der Waals surface area contributed by atoms with Crippen LogP contribution in [0.2, 0.25) is 0 Å². The molecule has 0 aromatic carbocycles. The Balaban J connectivity index is 2.13. The van der Waals surface area contributed by atoms with Crippen molar-refractivity contribution in [2.24, 2.45) is 5.92 Å². The van der Waals surface area contributed by atoms with E-state index in [1.54, 1.807) is 0 Å². The summed E-state index contributed by atoms with van der Waals surface area (Å²) < 4.78 is 5.75. The van der Waals surface area contributed by atoms with E-state index in [4.69, 9.17) is 4.74 Å².